The summed E-state index contributed by atoms with van der Waals surface area (Å²) in [7, 11) is 0. The molecular formula is C18H25NO3. The Morgan fingerprint density at radius 2 is 1.95 bits per heavy atom. The van der Waals surface area contributed by atoms with Crippen molar-refractivity contribution in [3.05, 3.63) is 59.0 Å². The zero-order valence-electron chi connectivity index (χ0n) is 13.5. The summed E-state index contributed by atoms with van der Waals surface area (Å²) in [4.78, 5) is 0. The van der Waals surface area contributed by atoms with Gasteiger partial charge in [-0.1, -0.05) is 29.3 Å². The Morgan fingerprint density at radius 3 is 2.59 bits per heavy atom. The molecule has 0 aliphatic rings. The average Bonchev–Trinajstić information content (AvgIpc) is 2.97. The number of ether oxygens (including phenoxy) is 1. The van der Waals surface area contributed by atoms with E-state index in [9.17, 15) is 5.11 Å². The van der Waals surface area contributed by atoms with E-state index in [1.807, 2.05) is 12.1 Å². The van der Waals surface area contributed by atoms with Crippen LogP contribution in [0.4, 0.5) is 0 Å². The van der Waals surface area contributed by atoms with Crippen LogP contribution in [0.2, 0.25) is 0 Å². The molecule has 0 aliphatic carbocycles. The minimum Gasteiger partial charge on any atom is -0.467 e. The molecule has 0 saturated heterocycles. The van der Waals surface area contributed by atoms with Gasteiger partial charge >= 0.3 is 0 Å². The molecule has 1 aromatic heterocycles. The summed E-state index contributed by atoms with van der Waals surface area (Å²) in [5, 5.41) is 13.3. The van der Waals surface area contributed by atoms with Gasteiger partial charge in [0.1, 0.15) is 12.4 Å². The summed E-state index contributed by atoms with van der Waals surface area (Å²) >= 11 is 0. The van der Waals surface area contributed by atoms with Gasteiger partial charge in [0.25, 0.3) is 0 Å². The fraction of sp³-hybridized carbons (Fsp3) is 0.444. The van der Waals surface area contributed by atoms with Gasteiger partial charge in [-0.05, 0) is 38.5 Å². The predicted molar refractivity (Wildman–Crippen MR) is 86.7 cm³/mol. The molecule has 0 fully saturated rings. The van der Waals surface area contributed by atoms with Crippen molar-refractivity contribution in [2.24, 2.45) is 0 Å². The van der Waals surface area contributed by atoms with Crippen LogP contribution in [0.15, 0.2) is 41.0 Å². The van der Waals surface area contributed by atoms with Crippen molar-refractivity contribution >= 4 is 0 Å². The highest BCUT2D eigenvalue weighted by Gasteiger charge is 2.10. The predicted octanol–water partition coefficient (Wildman–Crippen LogP) is 3.12. The maximum atomic E-state index is 9.96. The highest BCUT2D eigenvalue weighted by atomic mass is 16.5. The summed E-state index contributed by atoms with van der Waals surface area (Å²) < 4.78 is 10.6. The smallest absolute Gasteiger partial charge is 0.129 e. The normalized spacial score (nSPS) is 14.0. The average molecular weight is 303 g/mol. The van der Waals surface area contributed by atoms with Gasteiger partial charge in [0, 0.05) is 12.6 Å². The van der Waals surface area contributed by atoms with E-state index in [-0.39, 0.29) is 12.6 Å². The van der Waals surface area contributed by atoms with Crippen molar-refractivity contribution in [3.63, 3.8) is 0 Å². The highest BCUT2D eigenvalue weighted by molar-refractivity contribution is 5.30. The van der Waals surface area contributed by atoms with E-state index in [4.69, 9.17) is 9.15 Å². The molecule has 22 heavy (non-hydrogen) atoms. The molecule has 4 heteroatoms. The van der Waals surface area contributed by atoms with Crippen molar-refractivity contribution in [1.82, 2.24) is 5.32 Å². The Balaban J connectivity index is 1.71. The van der Waals surface area contributed by atoms with Crippen molar-refractivity contribution in [3.8, 4) is 0 Å². The molecular weight excluding hydrogens is 278 g/mol. The van der Waals surface area contributed by atoms with E-state index in [1.54, 1.807) is 6.26 Å². The number of hydrogen-bond donors (Lipinski definition) is 2. The number of aliphatic hydroxyl groups is 1. The van der Waals surface area contributed by atoms with E-state index in [0.717, 1.165) is 5.76 Å². The second kappa shape index (κ2) is 8.13. The summed E-state index contributed by atoms with van der Waals surface area (Å²) in [6, 6.07) is 10.4. The summed E-state index contributed by atoms with van der Waals surface area (Å²) in [6.07, 6.45) is 1.07. The summed E-state index contributed by atoms with van der Waals surface area (Å²) in [5.74, 6) is 0.767. The molecule has 0 amide bonds. The highest BCUT2D eigenvalue weighted by Crippen LogP contribution is 2.16. The Hall–Kier alpha value is -1.62. The van der Waals surface area contributed by atoms with E-state index >= 15 is 0 Å². The van der Waals surface area contributed by atoms with Crippen molar-refractivity contribution in [2.75, 3.05) is 13.2 Å². The van der Waals surface area contributed by atoms with E-state index in [1.165, 1.54) is 16.7 Å². The lowest BCUT2D eigenvalue weighted by molar-refractivity contribution is 0.0217. The molecule has 0 aliphatic heterocycles. The topological polar surface area (TPSA) is 54.6 Å². The molecule has 0 saturated carbocycles. The SMILES string of the molecule is Cc1cc(C)cc(C(C)NCC(O)COCc2ccco2)c1. The zero-order chi connectivity index (χ0) is 15.9. The van der Waals surface area contributed by atoms with Crippen LogP contribution in [-0.2, 0) is 11.3 Å². The molecule has 1 heterocycles. The van der Waals surface area contributed by atoms with Gasteiger partial charge in [0.05, 0.1) is 19.0 Å². The third-order valence-corrected chi connectivity index (χ3v) is 3.54. The number of hydrogen-bond acceptors (Lipinski definition) is 4. The molecule has 0 spiro atoms. The van der Waals surface area contributed by atoms with Crippen LogP contribution in [-0.4, -0.2) is 24.4 Å². The first-order chi connectivity index (χ1) is 10.5. The number of benzene rings is 1. The molecule has 1 aromatic carbocycles. The van der Waals surface area contributed by atoms with Crippen molar-refractivity contribution < 1.29 is 14.3 Å². The van der Waals surface area contributed by atoms with Gasteiger partial charge in [0.15, 0.2) is 0 Å². The first-order valence-corrected chi connectivity index (χ1v) is 7.64. The lowest BCUT2D eigenvalue weighted by Gasteiger charge is -2.18. The van der Waals surface area contributed by atoms with Gasteiger partial charge < -0.3 is 19.6 Å². The summed E-state index contributed by atoms with van der Waals surface area (Å²) in [6.45, 7) is 7.46. The molecule has 4 nitrogen and oxygen atoms in total. The second-order valence-corrected chi connectivity index (χ2v) is 5.80. The maximum absolute atomic E-state index is 9.96. The maximum Gasteiger partial charge on any atom is 0.129 e. The second-order valence-electron chi connectivity index (χ2n) is 5.80. The van der Waals surface area contributed by atoms with Crippen molar-refractivity contribution in [2.45, 2.75) is 39.5 Å². The van der Waals surface area contributed by atoms with Gasteiger partial charge in [-0.15, -0.1) is 0 Å². The third-order valence-electron chi connectivity index (χ3n) is 3.54. The van der Waals surface area contributed by atoms with E-state index in [0.29, 0.717) is 13.2 Å². The molecule has 0 bridgehead atoms. The number of aryl methyl sites for hydroxylation is 2. The molecule has 2 rings (SSSR count). The molecule has 2 N–H and O–H groups in total. The van der Waals surface area contributed by atoms with E-state index < -0.39 is 6.10 Å². The Labute approximate surface area is 132 Å². The minimum atomic E-state index is -0.539. The molecule has 120 valence electrons. The fourth-order valence-electron chi connectivity index (χ4n) is 2.44. The molecule has 2 atom stereocenters. The van der Waals surface area contributed by atoms with Crippen LogP contribution in [0.5, 0.6) is 0 Å². The van der Waals surface area contributed by atoms with Crippen LogP contribution in [0.1, 0.15) is 35.4 Å². The quantitative estimate of drug-likeness (QED) is 0.786. The number of nitrogens with one attached hydrogen (secondary N) is 1. The van der Waals surface area contributed by atoms with Crippen molar-refractivity contribution in [1.29, 1.82) is 0 Å². The first kappa shape index (κ1) is 16.7. The minimum absolute atomic E-state index is 0.193. The van der Waals surface area contributed by atoms with E-state index in [2.05, 4.69) is 44.3 Å². The standard InChI is InChI=1S/C18H25NO3/c1-13-7-14(2)9-16(8-13)15(3)19-10-17(20)11-21-12-18-5-4-6-22-18/h4-9,15,17,19-20H,10-12H2,1-3H3. The van der Waals surface area contributed by atoms with Gasteiger partial charge in [-0.3, -0.25) is 0 Å². The molecule has 2 aromatic rings. The summed E-state index contributed by atoms with van der Waals surface area (Å²) in [5.41, 5.74) is 3.75. The number of rotatable bonds is 8. The largest absolute Gasteiger partial charge is 0.467 e. The Bertz CT molecular complexity index is 545. The monoisotopic (exact) mass is 303 g/mol. The fourth-order valence-corrected chi connectivity index (χ4v) is 2.44. The lowest BCUT2D eigenvalue weighted by Crippen LogP contribution is -2.32. The van der Waals surface area contributed by atoms with Crippen LogP contribution in [0, 0.1) is 13.8 Å². The lowest BCUT2D eigenvalue weighted by atomic mass is 10.0. The van der Waals surface area contributed by atoms with Crippen LogP contribution in [0.3, 0.4) is 0 Å². The third kappa shape index (κ3) is 5.30. The van der Waals surface area contributed by atoms with Gasteiger partial charge in [-0.25, -0.2) is 0 Å². The Kier molecular flexibility index (Phi) is 6.19. The number of aliphatic hydroxyl groups excluding tert-OH is 1. The van der Waals surface area contributed by atoms with Gasteiger partial charge in [-0.2, -0.15) is 0 Å². The first-order valence-electron chi connectivity index (χ1n) is 7.64. The number of furan rings is 1. The van der Waals surface area contributed by atoms with Crippen LogP contribution < -0.4 is 5.32 Å². The molecule has 0 radical (unpaired) electrons. The van der Waals surface area contributed by atoms with Crippen LogP contribution >= 0.6 is 0 Å². The van der Waals surface area contributed by atoms with Crippen LogP contribution in [0.25, 0.3) is 0 Å². The van der Waals surface area contributed by atoms with Gasteiger partial charge in [0.2, 0.25) is 0 Å². The molecule has 2 unspecified atom stereocenters. The zero-order valence-corrected chi connectivity index (χ0v) is 13.5. The Morgan fingerprint density at radius 1 is 1.23 bits per heavy atom.